The number of aryl methyl sites for hydroxylation is 2. The summed E-state index contributed by atoms with van der Waals surface area (Å²) in [4.78, 5) is 26.2. The van der Waals surface area contributed by atoms with E-state index in [0.717, 1.165) is 22.5 Å². The summed E-state index contributed by atoms with van der Waals surface area (Å²) in [6.45, 7) is 2.42. The van der Waals surface area contributed by atoms with Crippen LogP contribution in [0.2, 0.25) is 0 Å². The van der Waals surface area contributed by atoms with Crippen LogP contribution >= 0.6 is 11.3 Å². The molecule has 2 aromatic carbocycles. The fraction of sp³-hybridized carbons (Fsp3) is 0.185. The summed E-state index contributed by atoms with van der Waals surface area (Å²) in [5, 5.41) is 0.742. The lowest BCUT2D eigenvalue weighted by molar-refractivity contribution is 0.0986. The zero-order chi connectivity index (χ0) is 22.3. The Hall–Kier alpha value is -3.44. The van der Waals surface area contributed by atoms with Gasteiger partial charge in [-0.3, -0.25) is 14.2 Å². The maximum Gasteiger partial charge on any atom is 0.259 e. The maximum atomic E-state index is 12.8. The number of ether oxygens (including phenoxy) is 1. The van der Waals surface area contributed by atoms with Crippen molar-refractivity contribution in [1.82, 2.24) is 4.57 Å². The monoisotopic (exact) mass is 443 g/mol. The summed E-state index contributed by atoms with van der Waals surface area (Å²) in [6, 6.07) is 25.3. The topological polar surface area (TPSA) is 48.3 Å². The van der Waals surface area contributed by atoms with Gasteiger partial charge in [0.2, 0.25) is 0 Å². The highest BCUT2D eigenvalue weighted by Crippen LogP contribution is 2.26. The van der Waals surface area contributed by atoms with Crippen LogP contribution in [0.15, 0.2) is 89.9 Å². The summed E-state index contributed by atoms with van der Waals surface area (Å²) >= 11 is 1.36. The van der Waals surface area contributed by atoms with Crippen molar-refractivity contribution in [2.75, 3.05) is 6.61 Å². The van der Waals surface area contributed by atoms with Gasteiger partial charge in [0.15, 0.2) is 5.78 Å². The van der Waals surface area contributed by atoms with E-state index in [1.54, 1.807) is 16.8 Å². The number of ketones is 1. The van der Waals surface area contributed by atoms with Gasteiger partial charge in [-0.1, -0.05) is 60.7 Å². The summed E-state index contributed by atoms with van der Waals surface area (Å²) in [7, 11) is 0. The number of pyridine rings is 1. The molecule has 5 heteroatoms. The van der Waals surface area contributed by atoms with Crippen molar-refractivity contribution >= 4 is 17.1 Å². The highest BCUT2D eigenvalue weighted by Gasteiger charge is 2.15. The molecule has 4 rings (SSSR count). The minimum Gasteiger partial charge on any atom is -0.493 e. The van der Waals surface area contributed by atoms with E-state index in [1.807, 2.05) is 61.5 Å². The number of thiophene rings is 1. The molecule has 0 aliphatic rings. The largest absolute Gasteiger partial charge is 0.493 e. The molecule has 0 N–H and O–H groups in total. The molecule has 4 nitrogen and oxygen atoms in total. The number of carbonyl (C=O) groups is 1. The first-order chi connectivity index (χ1) is 15.6. The second-order valence-corrected chi connectivity index (χ2v) is 8.69. The quantitative estimate of drug-likeness (QED) is 0.314. The first-order valence-electron chi connectivity index (χ1n) is 10.7. The lowest BCUT2D eigenvalue weighted by Gasteiger charge is -2.08. The van der Waals surface area contributed by atoms with Crippen LogP contribution in [0.4, 0.5) is 0 Å². The first-order valence-corrected chi connectivity index (χ1v) is 11.5. The second-order valence-electron chi connectivity index (χ2n) is 7.66. The summed E-state index contributed by atoms with van der Waals surface area (Å²) < 4.78 is 7.32. The van der Waals surface area contributed by atoms with Gasteiger partial charge in [0.1, 0.15) is 10.8 Å². The van der Waals surface area contributed by atoms with Crippen LogP contribution in [-0.4, -0.2) is 17.0 Å². The Balaban J connectivity index is 1.41. The van der Waals surface area contributed by atoms with Crippen LogP contribution in [0, 0.1) is 6.92 Å². The molecule has 0 spiro atoms. The average Bonchev–Trinajstić information content (AvgIpc) is 3.20. The Bertz CT molecular complexity index is 1240. The molecular formula is C27H25NO3S. The van der Waals surface area contributed by atoms with Crippen molar-refractivity contribution in [3.63, 3.8) is 0 Å². The third-order valence-corrected chi connectivity index (χ3v) is 6.55. The second kappa shape index (κ2) is 10.2. The van der Waals surface area contributed by atoms with Gasteiger partial charge in [-0.2, -0.15) is 0 Å². The highest BCUT2D eigenvalue weighted by atomic mass is 32.1. The Kier molecular flexibility index (Phi) is 6.97. The van der Waals surface area contributed by atoms with Gasteiger partial charge in [0.25, 0.3) is 5.56 Å². The van der Waals surface area contributed by atoms with E-state index in [9.17, 15) is 9.59 Å². The predicted octanol–water partition coefficient (Wildman–Crippen LogP) is 5.64. The van der Waals surface area contributed by atoms with E-state index in [-0.39, 0.29) is 11.3 Å². The highest BCUT2D eigenvalue weighted by molar-refractivity contribution is 7.16. The number of rotatable bonds is 9. The molecular weight excluding hydrogens is 418 g/mol. The molecule has 2 aromatic heterocycles. The van der Waals surface area contributed by atoms with E-state index in [0.29, 0.717) is 30.1 Å². The van der Waals surface area contributed by atoms with Crippen LogP contribution in [0.5, 0.6) is 5.75 Å². The summed E-state index contributed by atoms with van der Waals surface area (Å²) in [5.41, 5.74) is 3.07. The van der Waals surface area contributed by atoms with Crippen molar-refractivity contribution in [2.45, 2.75) is 26.2 Å². The standard InChI is InChI=1S/C27H25NO3S/c1-20-18-26(32-27(20)24(29)13-12-21-8-4-2-5-9-21)28-16-14-23(19-25(28)30)31-17-15-22-10-6-3-7-11-22/h2-11,14,16,18-19H,12-13,15,17H2,1H3. The lowest BCUT2D eigenvalue weighted by Crippen LogP contribution is -2.16. The zero-order valence-corrected chi connectivity index (χ0v) is 18.8. The summed E-state index contributed by atoms with van der Waals surface area (Å²) in [5.74, 6) is 0.658. The van der Waals surface area contributed by atoms with Crippen molar-refractivity contribution < 1.29 is 9.53 Å². The fourth-order valence-corrected chi connectivity index (χ4v) is 4.67. The van der Waals surface area contributed by atoms with Crippen molar-refractivity contribution in [3.8, 4) is 10.8 Å². The van der Waals surface area contributed by atoms with Gasteiger partial charge in [-0.15, -0.1) is 11.3 Å². The number of Topliss-reactive ketones (excluding diaryl/α,β-unsaturated/α-hetero) is 1. The van der Waals surface area contributed by atoms with Gasteiger partial charge in [0.05, 0.1) is 11.5 Å². The average molecular weight is 444 g/mol. The Morgan fingerprint density at radius 1 is 0.906 bits per heavy atom. The molecule has 0 saturated heterocycles. The van der Waals surface area contributed by atoms with Crippen LogP contribution in [0.25, 0.3) is 5.00 Å². The molecule has 0 radical (unpaired) electrons. The van der Waals surface area contributed by atoms with Crippen LogP contribution < -0.4 is 10.3 Å². The normalized spacial score (nSPS) is 10.8. The first kappa shape index (κ1) is 21.8. The maximum absolute atomic E-state index is 12.8. The van der Waals surface area contributed by atoms with Crippen LogP contribution in [-0.2, 0) is 12.8 Å². The SMILES string of the molecule is Cc1cc(-n2ccc(OCCc3ccccc3)cc2=O)sc1C(=O)CCc1ccccc1. The zero-order valence-electron chi connectivity index (χ0n) is 18.0. The number of benzene rings is 2. The van der Waals surface area contributed by atoms with Gasteiger partial charge in [0, 0.05) is 25.1 Å². The minimum absolute atomic E-state index is 0.108. The number of aromatic nitrogens is 1. The van der Waals surface area contributed by atoms with E-state index in [2.05, 4.69) is 12.1 Å². The minimum atomic E-state index is -0.174. The number of hydrogen-bond acceptors (Lipinski definition) is 4. The molecule has 0 amide bonds. The number of hydrogen-bond donors (Lipinski definition) is 0. The third-order valence-electron chi connectivity index (χ3n) is 5.27. The van der Waals surface area contributed by atoms with Crippen LogP contribution in [0.3, 0.4) is 0 Å². The molecule has 0 aliphatic heterocycles. The van der Waals surface area contributed by atoms with E-state index < -0.39 is 0 Å². The molecule has 0 saturated carbocycles. The molecule has 0 fully saturated rings. The van der Waals surface area contributed by atoms with E-state index in [1.165, 1.54) is 23.0 Å². The summed E-state index contributed by atoms with van der Waals surface area (Å²) in [6.07, 6.45) is 3.65. The van der Waals surface area contributed by atoms with E-state index >= 15 is 0 Å². The Labute approximate surface area is 191 Å². The Morgan fingerprint density at radius 3 is 2.22 bits per heavy atom. The van der Waals surface area contributed by atoms with E-state index in [4.69, 9.17) is 4.74 Å². The smallest absolute Gasteiger partial charge is 0.259 e. The predicted molar refractivity (Wildman–Crippen MR) is 129 cm³/mol. The number of carbonyl (C=O) groups excluding carboxylic acids is 1. The fourth-order valence-electron chi connectivity index (χ4n) is 3.54. The molecule has 0 bridgehead atoms. The third kappa shape index (κ3) is 5.42. The molecule has 0 unspecified atom stereocenters. The van der Waals surface area contributed by atoms with Gasteiger partial charge in [-0.25, -0.2) is 0 Å². The molecule has 0 aliphatic carbocycles. The Morgan fingerprint density at radius 2 is 1.56 bits per heavy atom. The molecule has 2 heterocycles. The molecule has 32 heavy (non-hydrogen) atoms. The number of nitrogens with zero attached hydrogens (tertiary/aromatic N) is 1. The van der Waals surface area contributed by atoms with Crippen molar-refractivity contribution in [2.24, 2.45) is 0 Å². The van der Waals surface area contributed by atoms with Crippen molar-refractivity contribution in [1.29, 1.82) is 0 Å². The van der Waals surface area contributed by atoms with Crippen LogP contribution in [0.1, 0.15) is 32.8 Å². The lowest BCUT2D eigenvalue weighted by atomic mass is 10.1. The van der Waals surface area contributed by atoms with Gasteiger partial charge < -0.3 is 4.74 Å². The molecule has 162 valence electrons. The molecule has 4 aromatic rings. The van der Waals surface area contributed by atoms with Crippen molar-refractivity contribution in [3.05, 3.63) is 117 Å². The molecule has 0 atom stereocenters. The van der Waals surface area contributed by atoms with Gasteiger partial charge >= 0.3 is 0 Å². The van der Waals surface area contributed by atoms with Gasteiger partial charge in [-0.05, 0) is 42.2 Å².